The largest absolute Gasteiger partial charge is 0.443 e. The molecule has 1 saturated heterocycles. The van der Waals surface area contributed by atoms with Gasteiger partial charge in [0.15, 0.2) is 0 Å². The highest BCUT2D eigenvalue weighted by molar-refractivity contribution is 5.65. The second kappa shape index (κ2) is 8.66. The number of rotatable bonds is 5. The topological polar surface area (TPSA) is 103 Å². The number of carbonyl (C=O) groups is 1. The first kappa shape index (κ1) is 23.6. The molecule has 4 rings (SSSR count). The molecule has 33 heavy (non-hydrogen) atoms. The summed E-state index contributed by atoms with van der Waals surface area (Å²) in [4.78, 5) is 14.1. The maximum Gasteiger partial charge on any atom is 0.404 e. The lowest BCUT2D eigenvalue weighted by atomic mass is 9.66. The SMILES string of the molecule is COC[C@H]1c2cn[nH]c2CN1[C@H]1CO[C@@](c2cc(F)ccc2F)(C(C)(C)C)[C@@H](OC(N)=O)C1. The van der Waals surface area contributed by atoms with Crippen LogP contribution in [-0.2, 0) is 26.4 Å². The third kappa shape index (κ3) is 4.00. The van der Waals surface area contributed by atoms with Crippen LogP contribution in [0.2, 0.25) is 0 Å². The number of nitrogens with zero attached hydrogens (tertiary/aromatic N) is 2. The van der Waals surface area contributed by atoms with Crippen LogP contribution in [0.1, 0.15) is 50.1 Å². The van der Waals surface area contributed by atoms with E-state index in [2.05, 4.69) is 15.1 Å². The molecular weight excluding hydrogens is 434 g/mol. The molecule has 0 spiro atoms. The van der Waals surface area contributed by atoms with Gasteiger partial charge in [-0.3, -0.25) is 10.00 Å². The predicted octanol–water partition coefficient (Wildman–Crippen LogP) is 3.39. The van der Waals surface area contributed by atoms with Gasteiger partial charge >= 0.3 is 6.09 Å². The van der Waals surface area contributed by atoms with Gasteiger partial charge in [0.05, 0.1) is 31.1 Å². The molecule has 0 radical (unpaired) electrons. The summed E-state index contributed by atoms with van der Waals surface area (Å²) in [6.45, 7) is 6.76. The Morgan fingerprint density at radius 1 is 1.39 bits per heavy atom. The van der Waals surface area contributed by atoms with E-state index in [4.69, 9.17) is 19.9 Å². The average molecular weight is 465 g/mol. The summed E-state index contributed by atoms with van der Waals surface area (Å²) < 4.78 is 46.8. The number of aromatic amines is 1. The highest BCUT2D eigenvalue weighted by Crippen LogP contribution is 2.52. The quantitative estimate of drug-likeness (QED) is 0.703. The molecule has 2 aromatic rings. The van der Waals surface area contributed by atoms with Crippen LogP contribution >= 0.6 is 0 Å². The molecular formula is C23H30F2N4O4. The zero-order valence-corrected chi connectivity index (χ0v) is 19.2. The minimum Gasteiger partial charge on any atom is -0.443 e. The molecule has 0 bridgehead atoms. The first-order valence-corrected chi connectivity index (χ1v) is 10.9. The van der Waals surface area contributed by atoms with Gasteiger partial charge < -0.3 is 19.9 Å². The number of methoxy groups -OCH3 is 1. The molecule has 1 aromatic heterocycles. The first-order valence-electron chi connectivity index (χ1n) is 10.9. The van der Waals surface area contributed by atoms with Gasteiger partial charge in [-0.05, 0) is 23.6 Å². The fourth-order valence-corrected chi connectivity index (χ4v) is 5.38. The van der Waals surface area contributed by atoms with Crippen molar-refractivity contribution < 1.29 is 27.8 Å². The van der Waals surface area contributed by atoms with Crippen molar-refractivity contribution in [3.63, 3.8) is 0 Å². The molecule has 4 atom stereocenters. The Balaban J connectivity index is 1.74. The summed E-state index contributed by atoms with van der Waals surface area (Å²) in [5, 5.41) is 7.14. The second-order valence-electron chi connectivity index (χ2n) is 9.68. The fourth-order valence-electron chi connectivity index (χ4n) is 5.38. The lowest BCUT2D eigenvalue weighted by Crippen LogP contribution is -2.61. The number of carbonyl (C=O) groups excluding carboxylic acids is 1. The van der Waals surface area contributed by atoms with E-state index >= 15 is 4.39 Å². The molecule has 8 nitrogen and oxygen atoms in total. The van der Waals surface area contributed by atoms with E-state index in [1.807, 2.05) is 20.8 Å². The number of benzene rings is 1. The summed E-state index contributed by atoms with van der Waals surface area (Å²) in [6.07, 6.45) is 0.139. The smallest absolute Gasteiger partial charge is 0.404 e. The molecule has 3 N–H and O–H groups in total. The third-order valence-electron chi connectivity index (χ3n) is 6.79. The van der Waals surface area contributed by atoms with E-state index in [-0.39, 0.29) is 24.3 Å². The van der Waals surface area contributed by atoms with Crippen molar-refractivity contribution in [1.82, 2.24) is 15.1 Å². The van der Waals surface area contributed by atoms with Crippen LogP contribution in [0.25, 0.3) is 0 Å². The second-order valence-corrected chi connectivity index (χ2v) is 9.68. The minimum atomic E-state index is -1.45. The summed E-state index contributed by atoms with van der Waals surface area (Å²) >= 11 is 0. The van der Waals surface area contributed by atoms with E-state index < -0.39 is 34.8 Å². The highest BCUT2D eigenvalue weighted by Gasteiger charge is 2.58. The number of nitrogens with one attached hydrogen (secondary N) is 1. The Hall–Kier alpha value is -2.56. The Morgan fingerprint density at radius 3 is 2.82 bits per heavy atom. The van der Waals surface area contributed by atoms with Crippen molar-refractivity contribution in [2.45, 2.75) is 57.5 Å². The Kier molecular flexibility index (Phi) is 6.19. The summed E-state index contributed by atoms with van der Waals surface area (Å²) in [5.74, 6) is -1.24. The van der Waals surface area contributed by atoms with E-state index in [1.54, 1.807) is 13.3 Å². The Morgan fingerprint density at radius 2 is 2.15 bits per heavy atom. The molecule has 0 unspecified atom stereocenters. The molecule has 0 saturated carbocycles. The van der Waals surface area contributed by atoms with Crippen molar-refractivity contribution in [3.05, 3.63) is 52.9 Å². The van der Waals surface area contributed by atoms with E-state index in [1.165, 1.54) is 0 Å². The van der Waals surface area contributed by atoms with Crippen LogP contribution in [0.5, 0.6) is 0 Å². The molecule has 2 aliphatic rings. The normalized spacial score (nSPS) is 28.0. The summed E-state index contributed by atoms with van der Waals surface area (Å²) in [7, 11) is 1.63. The van der Waals surface area contributed by atoms with Gasteiger partial charge in [-0.1, -0.05) is 20.8 Å². The van der Waals surface area contributed by atoms with Crippen LogP contribution in [0.15, 0.2) is 24.4 Å². The number of ether oxygens (including phenoxy) is 3. The van der Waals surface area contributed by atoms with Crippen molar-refractivity contribution >= 4 is 6.09 Å². The van der Waals surface area contributed by atoms with E-state index in [0.29, 0.717) is 19.6 Å². The predicted molar refractivity (Wildman–Crippen MR) is 115 cm³/mol. The zero-order chi connectivity index (χ0) is 24.0. The molecule has 180 valence electrons. The lowest BCUT2D eigenvalue weighted by Gasteiger charge is -2.54. The van der Waals surface area contributed by atoms with Crippen LogP contribution in [0.4, 0.5) is 13.6 Å². The van der Waals surface area contributed by atoms with Crippen LogP contribution in [0, 0.1) is 17.0 Å². The van der Waals surface area contributed by atoms with Gasteiger partial charge in [0.2, 0.25) is 0 Å². The van der Waals surface area contributed by atoms with Crippen LogP contribution in [0.3, 0.4) is 0 Å². The number of primary amides is 1. The lowest BCUT2D eigenvalue weighted by molar-refractivity contribution is -0.233. The average Bonchev–Trinajstić information content (AvgIpc) is 3.31. The summed E-state index contributed by atoms with van der Waals surface area (Å²) in [5.41, 5.74) is 5.23. The van der Waals surface area contributed by atoms with Crippen LogP contribution in [-0.4, -0.2) is 53.7 Å². The molecule has 0 aliphatic carbocycles. The van der Waals surface area contributed by atoms with Crippen molar-refractivity contribution in [3.8, 4) is 0 Å². The van der Waals surface area contributed by atoms with Crippen LogP contribution < -0.4 is 5.73 Å². The van der Waals surface area contributed by atoms with Crippen molar-refractivity contribution in [2.75, 3.05) is 20.3 Å². The number of fused-ring (bicyclic) bond motifs is 1. The Bertz CT molecular complexity index is 1020. The standard InChI is InChI=1S/C23H30F2N4O4/c1-22(2,3)23(16-7-13(24)5-6-17(16)25)20(33-21(26)30)8-14(11-32-23)29-10-18-15(9-27-28-18)19(29)12-31-4/h5-7,9,14,19-20H,8,10-12H2,1-4H3,(H2,26,30)(H,27,28)/t14-,19+,20+,23-/m1/s1. The van der Waals surface area contributed by atoms with Crippen molar-refractivity contribution in [2.24, 2.45) is 11.1 Å². The van der Waals surface area contributed by atoms with Gasteiger partial charge in [0.1, 0.15) is 23.3 Å². The number of aromatic nitrogens is 2. The number of H-pyrrole nitrogens is 1. The highest BCUT2D eigenvalue weighted by atomic mass is 19.1. The molecule has 10 heteroatoms. The number of hydrogen-bond acceptors (Lipinski definition) is 6. The molecule has 1 amide bonds. The molecule has 3 heterocycles. The van der Waals surface area contributed by atoms with Gasteiger partial charge in [-0.25, -0.2) is 13.6 Å². The molecule has 1 fully saturated rings. The number of nitrogens with two attached hydrogens (primary N) is 1. The third-order valence-corrected chi connectivity index (χ3v) is 6.79. The number of amides is 1. The minimum absolute atomic E-state index is 0.00369. The van der Waals surface area contributed by atoms with E-state index in [0.717, 1.165) is 29.5 Å². The fraction of sp³-hybridized carbons (Fsp3) is 0.565. The maximum absolute atomic E-state index is 15.1. The first-order chi connectivity index (χ1) is 15.6. The number of hydrogen-bond donors (Lipinski definition) is 2. The maximum atomic E-state index is 15.1. The number of halogens is 2. The zero-order valence-electron chi connectivity index (χ0n) is 19.2. The van der Waals surface area contributed by atoms with Gasteiger partial charge in [-0.2, -0.15) is 5.10 Å². The molecule has 1 aromatic carbocycles. The Labute approximate surface area is 191 Å². The van der Waals surface area contributed by atoms with E-state index in [9.17, 15) is 9.18 Å². The van der Waals surface area contributed by atoms with Crippen molar-refractivity contribution in [1.29, 1.82) is 0 Å². The van der Waals surface area contributed by atoms with Gasteiger partial charge in [0, 0.05) is 37.2 Å². The van der Waals surface area contributed by atoms with Gasteiger partial charge in [-0.15, -0.1) is 0 Å². The molecule has 2 aliphatic heterocycles. The summed E-state index contributed by atoms with van der Waals surface area (Å²) in [6, 6.07) is 2.95. The van der Waals surface area contributed by atoms with Gasteiger partial charge in [0.25, 0.3) is 0 Å². The monoisotopic (exact) mass is 464 g/mol.